The van der Waals surface area contributed by atoms with Crippen molar-refractivity contribution in [2.75, 3.05) is 7.11 Å². The van der Waals surface area contributed by atoms with Crippen LogP contribution in [0.5, 0.6) is 0 Å². The van der Waals surface area contributed by atoms with Crippen LogP contribution >= 0.6 is 0 Å². The molecular weight excluding hydrogens is 390 g/mol. The van der Waals surface area contributed by atoms with Gasteiger partial charge in [-0.05, 0) is 30.2 Å². The lowest BCUT2D eigenvalue weighted by Gasteiger charge is -2.17. The summed E-state index contributed by atoms with van der Waals surface area (Å²) in [5.74, 6) is -0.636. The number of hydrogen-bond donors (Lipinski definition) is 1. The number of pyridine rings is 2. The van der Waals surface area contributed by atoms with Crippen LogP contribution in [0.15, 0.2) is 77.6 Å². The number of nitrogens with one attached hydrogen (secondary N) is 1. The van der Waals surface area contributed by atoms with Gasteiger partial charge in [-0.2, -0.15) is 0 Å². The van der Waals surface area contributed by atoms with Crippen molar-refractivity contribution in [1.82, 2.24) is 9.13 Å². The Morgan fingerprint density at radius 1 is 0.903 bits per heavy atom. The summed E-state index contributed by atoms with van der Waals surface area (Å²) in [5, 5.41) is 9.02. The maximum absolute atomic E-state index is 13.5. The number of carbonyl (C=O) groups is 1. The first-order valence-corrected chi connectivity index (χ1v) is 9.98. The van der Waals surface area contributed by atoms with Crippen molar-refractivity contribution in [3.05, 3.63) is 111 Å². The number of fused-ring (bicyclic) bond motifs is 1. The molecule has 156 valence electrons. The van der Waals surface area contributed by atoms with Gasteiger partial charge < -0.3 is 13.9 Å². The van der Waals surface area contributed by atoms with E-state index < -0.39 is 5.97 Å². The second kappa shape index (κ2) is 8.44. The van der Waals surface area contributed by atoms with Crippen molar-refractivity contribution in [2.24, 2.45) is 0 Å². The van der Waals surface area contributed by atoms with E-state index in [1.165, 1.54) is 13.2 Å². The maximum Gasteiger partial charge on any atom is 0.341 e. The highest BCUT2D eigenvalue weighted by atomic mass is 16.5. The summed E-state index contributed by atoms with van der Waals surface area (Å²) in [5.41, 5.74) is 3.26. The smallest absolute Gasteiger partial charge is 0.341 e. The predicted molar refractivity (Wildman–Crippen MR) is 119 cm³/mol. The fourth-order valence-corrected chi connectivity index (χ4v) is 3.76. The second-order valence-corrected chi connectivity index (χ2v) is 7.43. The topological polar surface area (TPSA) is 77.1 Å². The number of benzene rings is 2. The Bertz CT molecular complexity index is 1370. The molecule has 4 rings (SSSR count). The zero-order chi connectivity index (χ0) is 22.0. The van der Waals surface area contributed by atoms with Crippen LogP contribution in [-0.2, 0) is 17.8 Å². The first-order chi connectivity index (χ1) is 15.0. The van der Waals surface area contributed by atoms with Crippen LogP contribution in [0.25, 0.3) is 10.9 Å². The second-order valence-electron chi connectivity index (χ2n) is 7.43. The highest BCUT2D eigenvalue weighted by Crippen LogP contribution is 2.16. The molecule has 1 N–H and O–H groups in total. The third kappa shape index (κ3) is 3.92. The quantitative estimate of drug-likeness (QED) is 0.509. The van der Waals surface area contributed by atoms with Gasteiger partial charge in [0.05, 0.1) is 24.6 Å². The zero-order valence-electron chi connectivity index (χ0n) is 17.5. The number of esters is 1. The molecule has 0 spiro atoms. The van der Waals surface area contributed by atoms with E-state index in [0.29, 0.717) is 24.0 Å². The largest absolute Gasteiger partial charge is 0.465 e. The standard InChI is InChI=1S/C25H23N3O3/c1-17-13-22-20(24(29)27(17)15-18-9-5-3-6-10-18)14-21(25(30)31-2)23(26)28(22)16-19-11-7-4-8-12-19/h3-14,26H,15-16H2,1-2H3. The fourth-order valence-electron chi connectivity index (χ4n) is 3.76. The Balaban J connectivity index is 1.97. The molecule has 0 saturated heterocycles. The SMILES string of the molecule is COC(=O)c1cc2c(=O)n(Cc3ccccc3)c(C)cc2n(Cc2ccccc2)c1=N. The van der Waals surface area contributed by atoms with Crippen LogP contribution < -0.4 is 11.0 Å². The van der Waals surface area contributed by atoms with E-state index in [1.54, 1.807) is 9.13 Å². The Labute approximate surface area is 179 Å². The molecule has 0 atom stereocenters. The first kappa shape index (κ1) is 20.3. The van der Waals surface area contributed by atoms with E-state index in [-0.39, 0.29) is 16.6 Å². The number of hydrogen-bond acceptors (Lipinski definition) is 4. The molecular formula is C25H23N3O3. The molecule has 0 saturated carbocycles. The monoisotopic (exact) mass is 413 g/mol. The van der Waals surface area contributed by atoms with Crippen molar-refractivity contribution >= 4 is 16.9 Å². The first-order valence-electron chi connectivity index (χ1n) is 9.98. The van der Waals surface area contributed by atoms with E-state index in [9.17, 15) is 9.59 Å². The summed E-state index contributed by atoms with van der Waals surface area (Å²) < 4.78 is 8.26. The highest BCUT2D eigenvalue weighted by molar-refractivity contribution is 5.93. The van der Waals surface area contributed by atoms with Gasteiger partial charge in [0.15, 0.2) is 0 Å². The normalized spacial score (nSPS) is 10.9. The number of carbonyl (C=O) groups excluding carboxylic acids is 1. The Morgan fingerprint density at radius 2 is 1.45 bits per heavy atom. The number of aromatic nitrogens is 2. The molecule has 0 aliphatic carbocycles. The van der Waals surface area contributed by atoms with Gasteiger partial charge in [0.1, 0.15) is 11.1 Å². The Morgan fingerprint density at radius 3 is 2.00 bits per heavy atom. The van der Waals surface area contributed by atoms with Gasteiger partial charge in [-0.15, -0.1) is 0 Å². The number of nitrogens with zero attached hydrogens (tertiary/aromatic N) is 2. The van der Waals surface area contributed by atoms with Crippen molar-refractivity contribution in [1.29, 1.82) is 5.41 Å². The average Bonchev–Trinajstić information content (AvgIpc) is 2.79. The van der Waals surface area contributed by atoms with Crippen molar-refractivity contribution < 1.29 is 9.53 Å². The minimum absolute atomic E-state index is 0.0165. The summed E-state index contributed by atoms with van der Waals surface area (Å²) >= 11 is 0. The van der Waals surface area contributed by atoms with E-state index in [1.807, 2.05) is 73.7 Å². The van der Waals surface area contributed by atoms with Gasteiger partial charge in [-0.1, -0.05) is 60.7 Å². The Hall–Kier alpha value is -3.93. The van der Waals surface area contributed by atoms with E-state index in [4.69, 9.17) is 10.1 Å². The molecule has 6 heteroatoms. The summed E-state index contributed by atoms with van der Waals surface area (Å²) in [4.78, 5) is 25.8. The van der Waals surface area contributed by atoms with E-state index >= 15 is 0 Å². The van der Waals surface area contributed by atoms with E-state index in [0.717, 1.165) is 16.8 Å². The van der Waals surface area contributed by atoms with Crippen LogP contribution in [-0.4, -0.2) is 22.2 Å². The molecule has 0 amide bonds. The van der Waals surface area contributed by atoms with Crippen LogP contribution in [0, 0.1) is 12.3 Å². The van der Waals surface area contributed by atoms with Crippen LogP contribution in [0.1, 0.15) is 27.2 Å². The summed E-state index contributed by atoms with van der Waals surface area (Å²) in [7, 11) is 1.27. The highest BCUT2D eigenvalue weighted by Gasteiger charge is 2.18. The van der Waals surface area contributed by atoms with Gasteiger partial charge in [-0.25, -0.2) is 4.79 Å². The fraction of sp³-hybridized carbons (Fsp3) is 0.160. The zero-order valence-corrected chi connectivity index (χ0v) is 17.5. The molecule has 2 heterocycles. The molecule has 0 fully saturated rings. The molecule has 4 aromatic rings. The van der Waals surface area contributed by atoms with Crippen molar-refractivity contribution in [2.45, 2.75) is 20.0 Å². The van der Waals surface area contributed by atoms with Gasteiger partial charge in [0.25, 0.3) is 5.56 Å². The van der Waals surface area contributed by atoms with Crippen LogP contribution in [0.2, 0.25) is 0 Å². The number of aryl methyl sites for hydroxylation is 1. The van der Waals surface area contributed by atoms with Crippen molar-refractivity contribution in [3.63, 3.8) is 0 Å². The van der Waals surface area contributed by atoms with Gasteiger partial charge >= 0.3 is 5.97 Å². The summed E-state index contributed by atoms with van der Waals surface area (Å²) in [6.07, 6.45) is 0. The molecule has 0 radical (unpaired) electrons. The number of methoxy groups -OCH3 is 1. The van der Waals surface area contributed by atoms with Crippen LogP contribution in [0.4, 0.5) is 0 Å². The third-order valence-electron chi connectivity index (χ3n) is 5.40. The molecule has 6 nitrogen and oxygen atoms in total. The lowest BCUT2D eigenvalue weighted by atomic mass is 10.1. The third-order valence-corrected chi connectivity index (χ3v) is 5.40. The molecule has 31 heavy (non-hydrogen) atoms. The maximum atomic E-state index is 13.5. The van der Waals surface area contributed by atoms with Crippen LogP contribution in [0.3, 0.4) is 0 Å². The van der Waals surface area contributed by atoms with Gasteiger partial charge in [0, 0.05) is 12.2 Å². The molecule has 0 bridgehead atoms. The Kier molecular flexibility index (Phi) is 5.54. The van der Waals surface area contributed by atoms with E-state index in [2.05, 4.69) is 0 Å². The number of rotatable bonds is 5. The lowest BCUT2D eigenvalue weighted by Crippen LogP contribution is -2.31. The molecule has 2 aromatic carbocycles. The predicted octanol–water partition coefficient (Wildman–Crippen LogP) is 3.47. The molecule has 0 unspecified atom stereocenters. The minimum Gasteiger partial charge on any atom is -0.465 e. The van der Waals surface area contributed by atoms with Gasteiger partial charge in [-0.3, -0.25) is 10.2 Å². The number of ether oxygens (including phenoxy) is 1. The summed E-state index contributed by atoms with van der Waals surface area (Å²) in [6.45, 7) is 2.67. The molecule has 2 aromatic heterocycles. The minimum atomic E-state index is -0.636. The molecule has 0 aliphatic rings. The average molecular weight is 413 g/mol. The van der Waals surface area contributed by atoms with Gasteiger partial charge in [0.2, 0.25) is 0 Å². The lowest BCUT2D eigenvalue weighted by molar-refractivity contribution is 0.0597. The summed E-state index contributed by atoms with van der Waals surface area (Å²) in [6, 6.07) is 22.8. The van der Waals surface area contributed by atoms with Crippen molar-refractivity contribution in [3.8, 4) is 0 Å². The molecule has 0 aliphatic heterocycles.